The van der Waals surface area contributed by atoms with E-state index >= 15 is 0 Å². The van der Waals surface area contributed by atoms with Crippen LogP contribution in [0.5, 0.6) is 0 Å². The van der Waals surface area contributed by atoms with Gasteiger partial charge in [-0.1, -0.05) is 24.8 Å². The summed E-state index contributed by atoms with van der Waals surface area (Å²) in [6.45, 7) is 5.45. The number of nitrogens with zero attached hydrogens (tertiary/aromatic N) is 4. The number of aromatic nitrogens is 3. The van der Waals surface area contributed by atoms with Crippen LogP contribution in [0.15, 0.2) is 52.3 Å². The number of aryl methyl sites for hydroxylation is 1. The van der Waals surface area contributed by atoms with E-state index in [9.17, 15) is 4.79 Å². The Morgan fingerprint density at radius 2 is 2.14 bits per heavy atom. The number of thioether (sulfide) groups is 1. The van der Waals surface area contributed by atoms with Gasteiger partial charge in [0.25, 0.3) is 5.91 Å². The zero-order valence-corrected chi connectivity index (χ0v) is 17.7. The van der Waals surface area contributed by atoms with Crippen molar-refractivity contribution < 1.29 is 9.21 Å². The molecular weight excluding hydrogens is 386 g/mol. The third kappa shape index (κ3) is 6.05. The second kappa shape index (κ2) is 10.1. The van der Waals surface area contributed by atoms with Crippen molar-refractivity contribution in [1.82, 2.24) is 20.3 Å². The van der Waals surface area contributed by atoms with Crippen molar-refractivity contribution >= 4 is 23.5 Å². The minimum Gasteiger partial charge on any atom is -0.455 e. The molecule has 0 unspecified atom stereocenters. The van der Waals surface area contributed by atoms with Crippen molar-refractivity contribution in [3.05, 3.63) is 65.5 Å². The van der Waals surface area contributed by atoms with Gasteiger partial charge in [-0.25, -0.2) is 9.97 Å². The highest BCUT2D eigenvalue weighted by atomic mass is 32.2. The van der Waals surface area contributed by atoms with E-state index in [0.29, 0.717) is 23.2 Å². The minimum absolute atomic E-state index is 0.250. The Labute approximate surface area is 175 Å². The van der Waals surface area contributed by atoms with Gasteiger partial charge in [0.1, 0.15) is 11.6 Å². The normalized spacial score (nSPS) is 10.7. The van der Waals surface area contributed by atoms with Crippen LogP contribution in [0.3, 0.4) is 0 Å². The van der Waals surface area contributed by atoms with Crippen LogP contribution in [0, 0.1) is 6.92 Å². The topological polar surface area (TPSA) is 84.2 Å². The van der Waals surface area contributed by atoms with Crippen LogP contribution in [0.1, 0.15) is 40.9 Å². The number of furan rings is 1. The Balaban J connectivity index is 1.57. The predicted molar refractivity (Wildman–Crippen MR) is 114 cm³/mol. The van der Waals surface area contributed by atoms with Crippen LogP contribution >= 0.6 is 11.8 Å². The summed E-state index contributed by atoms with van der Waals surface area (Å²) in [6, 6.07) is 9.23. The lowest BCUT2D eigenvalue weighted by Gasteiger charge is -2.17. The van der Waals surface area contributed by atoms with Crippen LogP contribution in [0.2, 0.25) is 0 Å². The molecule has 0 radical (unpaired) electrons. The molecule has 0 bridgehead atoms. The highest BCUT2D eigenvalue weighted by Gasteiger charge is 2.13. The first-order valence-electron chi connectivity index (χ1n) is 9.50. The zero-order chi connectivity index (χ0) is 20.6. The number of pyridine rings is 1. The van der Waals surface area contributed by atoms with Crippen molar-refractivity contribution in [1.29, 1.82) is 0 Å². The maximum absolute atomic E-state index is 12.3. The molecule has 1 N–H and O–H groups in total. The first kappa shape index (κ1) is 20.9. The fourth-order valence-corrected chi connectivity index (χ4v) is 3.51. The number of carbonyl (C=O) groups is 1. The zero-order valence-electron chi connectivity index (χ0n) is 16.9. The van der Waals surface area contributed by atoms with Gasteiger partial charge in [0.15, 0.2) is 10.9 Å². The van der Waals surface area contributed by atoms with E-state index in [1.165, 1.54) is 11.8 Å². The number of nitrogens with one attached hydrogen (secondary N) is 1. The SMILES string of the molecule is CCCN(C)c1cc(C)nc(SCc2ccc(C(=O)NCc3cccnc3)o2)n1. The van der Waals surface area contributed by atoms with Gasteiger partial charge in [0.2, 0.25) is 0 Å². The molecule has 0 spiro atoms. The van der Waals surface area contributed by atoms with Crippen molar-refractivity contribution in [3.63, 3.8) is 0 Å². The number of amides is 1. The number of rotatable bonds is 9. The van der Waals surface area contributed by atoms with Gasteiger partial charge in [-0.15, -0.1) is 0 Å². The predicted octanol–water partition coefficient (Wildman–Crippen LogP) is 3.84. The van der Waals surface area contributed by atoms with E-state index in [4.69, 9.17) is 4.42 Å². The summed E-state index contributed by atoms with van der Waals surface area (Å²) in [5.41, 5.74) is 1.86. The van der Waals surface area contributed by atoms with Crippen molar-refractivity contribution in [2.24, 2.45) is 0 Å². The van der Waals surface area contributed by atoms with Crippen LogP contribution in [-0.4, -0.2) is 34.5 Å². The van der Waals surface area contributed by atoms with Gasteiger partial charge >= 0.3 is 0 Å². The molecule has 3 rings (SSSR count). The van der Waals surface area contributed by atoms with Crippen LogP contribution < -0.4 is 10.2 Å². The standard InChI is InChI=1S/C21H25N5O2S/c1-4-10-26(3)19-11-15(2)24-21(25-19)29-14-17-7-8-18(28-17)20(27)23-13-16-6-5-9-22-12-16/h5-9,11-12H,4,10,13-14H2,1-3H3,(H,23,27). The molecule has 3 aromatic heterocycles. The Morgan fingerprint density at radius 1 is 1.28 bits per heavy atom. The summed E-state index contributed by atoms with van der Waals surface area (Å²) in [6.07, 6.45) is 4.48. The molecule has 0 aliphatic carbocycles. The van der Waals surface area contributed by atoms with E-state index in [0.717, 1.165) is 30.0 Å². The molecule has 29 heavy (non-hydrogen) atoms. The molecule has 7 nitrogen and oxygen atoms in total. The average Bonchev–Trinajstić information content (AvgIpc) is 3.20. The van der Waals surface area contributed by atoms with Crippen LogP contribution in [0.4, 0.5) is 5.82 Å². The molecule has 0 fully saturated rings. The van der Waals surface area contributed by atoms with E-state index in [2.05, 4.69) is 32.1 Å². The Hall–Kier alpha value is -2.87. The first-order chi connectivity index (χ1) is 14.0. The van der Waals surface area contributed by atoms with Crippen molar-refractivity contribution in [2.75, 3.05) is 18.5 Å². The van der Waals surface area contributed by atoms with E-state index in [1.807, 2.05) is 38.2 Å². The fraction of sp³-hybridized carbons (Fsp3) is 0.333. The third-order valence-electron chi connectivity index (χ3n) is 4.18. The van der Waals surface area contributed by atoms with E-state index in [-0.39, 0.29) is 11.7 Å². The molecule has 8 heteroatoms. The quantitative estimate of drug-likeness (QED) is 0.423. The molecule has 0 aliphatic heterocycles. The molecule has 0 aromatic carbocycles. The molecule has 3 aromatic rings. The summed E-state index contributed by atoms with van der Waals surface area (Å²) in [5.74, 6) is 2.21. The van der Waals surface area contributed by atoms with Crippen LogP contribution in [0.25, 0.3) is 0 Å². The highest BCUT2D eigenvalue weighted by Crippen LogP contribution is 2.23. The third-order valence-corrected chi connectivity index (χ3v) is 5.04. The summed E-state index contributed by atoms with van der Waals surface area (Å²) >= 11 is 1.49. The van der Waals surface area contributed by atoms with E-state index in [1.54, 1.807) is 18.5 Å². The second-order valence-corrected chi connectivity index (χ2v) is 7.61. The average molecular weight is 412 g/mol. The molecule has 0 aliphatic rings. The first-order valence-corrected chi connectivity index (χ1v) is 10.5. The molecule has 0 atom stereocenters. The lowest BCUT2D eigenvalue weighted by Crippen LogP contribution is -2.22. The van der Waals surface area contributed by atoms with Crippen molar-refractivity contribution in [3.8, 4) is 0 Å². The molecule has 0 saturated carbocycles. The van der Waals surface area contributed by atoms with Crippen LogP contribution in [-0.2, 0) is 12.3 Å². The maximum atomic E-state index is 12.3. The molecule has 152 valence electrons. The number of hydrogen-bond donors (Lipinski definition) is 1. The number of hydrogen-bond acceptors (Lipinski definition) is 7. The van der Waals surface area contributed by atoms with Gasteiger partial charge in [-0.2, -0.15) is 0 Å². The van der Waals surface area contributed by atoms with Gasteiger partial charge < -0.3 is 14.6 Å². The summed E-state index contributed by atoms with van der Waals surface area (Å²) in [7, 11) is 2.03. The van der Waals surface area contributed by atoms with Gasteiger partial charge in [0.05, 0.1) is 5.75 Å². The Kier molecular flexibility index (Phi) is 7.24. The number of carbonyl (C=O) groups excluding carboxylic acids is 1. The molecule has 1 amide bonds. The van der Waals surface area contributed by atoms with Gasteiger partial charge in [0, 0.05) is 44.3 Å². The summed E-state index contributed by atoms with van der Waals surface area (Å²) in [5, 5.41) is 3.53. The van der Waals surface area contributed by atoms with Gasteiger partial charge in [-0.05, 0) is 37.1 Å². The van der Waals surface area contributed by atoms with Gasteiger partial charge in [-0.3, -0.25) is 9.78 Å². The van der Waals surface area contributed by atoms with E-state index < -0.39 is 0 Å². The highest BCUT2D eigenvalue weighted by molar-refractivity contribution is 7.98. The summed E-state index contributed by atoms with van der Waals surface area (Å²) < 4.78 is 5.69. The Bertz CT molecular complexity index is 945. The number of anilines is 1. The smallest absolute Gasteiger partial charge is 0.287 e. The van der Waals surface area contributed by atoms with Crippen molar-refractivity contribution in [2.45, 2.75) is 37.7 Å². The molecule has 3 heterocycles. The minimum atomic E-state index is -0.250. The lowest BCUT2D eigenvalue weighted by molar-refractivity contribution is 0.0921. The fourth-order valence-electron chi connectivity index (χ4n) is 2.72. The summed E-state index contributed by atoms with van der Waals surface area (Å²) in [4.78, 5) is 27.5. The largest absolute Gasteiger partial charge is 0.455 e. The molecule has 0 saturated heterocycles. The Morgan fingerprint density at radius 3 is 2.90 bits per heavy atom. The lowest BCUT2D eigenvalue weighted by atomic mass is 10.3. The molecular formula is C21H25N5O2S. The second-order valence-electron chi connectivity index (χ2n) is 6.67. The maximum Gasteiger partial charge on any atom is 0.287 e. The monoisotopic (exact) mass is 411 g/mol.